The third-order valence-electron chi connectivity index (χ3n) is 9.72. The molecule has 2 aliphatic heterocycles. The number of hydrogen-bond donors (Lipinski definition) is 2. The van der Waals surface area contributed by atoms with Crippen LogP contribution in [-0.2, 0) is 17.3 Å². The highest BCUT2D eigenvalue weighted by atomic mass is 35.5. The number of aryl methyl sites for hydroxylation is 1. The summed E-state index contributed by atoms with van der Waals surface area (Å²) in [5, 5.41) is 6.48. The van der Waals surface area contributed by atoms with Crippen molar-refractivity contribution in [3.8, 4) is 5.82 Å². The molecule has 0 unspecified atom stereocenters. The van der Waals surface area contributed by atoms with E-state index in [2.05, 4.69) is 63.2 Å². The van der Waals surface area contributed by atoms with Gasteiger partial charge in [-0.25, -0.2) is 38.1 Å². The summed E-state index contributed by atoms with van der Waals surface area (Å²) < 4.78 is 43.0. The Morgan fingerprint density at radius 2 is 1.24 bits per heavy atom. The molecule has 6 heterocycles. The van der Waals surface area contributed by atoms with Crippen molar-refractivity contribution in [3.63, 3.8) is 0 Å². The number of nitrogens with one attached hydrogen (secondary N) is 2. The van der Waals surface area contributed by atoms with E-state index in [0.29, 0.717) is 24.4 Å². The SMILES string of the molecule is CNc1nc(Cc2cnc(-n3cnc(C)c3)c(F)c2)nc2c1C(C)(C)CN2c1ccc(F)cc1.CNc1nc(Cl)nc2c1C(C)(C)CN2c1ccc(F)cc1. The summed E-state index contributed by atoms with van der Waals surface area (Å²) in [6.45, 7) is 11.8. The zero-order valence-electron chi connectivity index (χ0n) is 31.6. The second-order valence-electron chi connectivity index (χ2n) is 14.9. The van der Waals surface area contributed by atoms with Crippen molar-refractivity contribution in [1.82, 2.24) is 34.5 Å². The van der Waals surface area contributed by atoms with Crippen molar-refractivity contribution in [2.75, 3.05) is 47.6 Å². The van der Waals surface area contributed by atoms with Gasteiger partial charge in [0.15, 0.2) is 11.6 Å². The Balaban J connectivity index is 0.000000190. The number of aromatic nitrogens is 7. The fraction of sp³-hybridized carbons (Fsp3) is 0.300. The topological polar surface area (TPSA) is 113 Å². The molecule has 0 saturated carbocycles. The normalized spacial score (nSPS) is 15.0. The molecule has 55 heavy (non-hydrogen) atoms. The quantitative estimate of drug-likeness (QED) is 0.154. The molecule has 0 saturated heterocycles. The van der Waals surface area contributed by atoms with E-state index >= 15 is 0 Å². The Morgan fingerprint density at radius 3 is 1.73 bits per heavy atom. The Hall–Kier alpha value is -5.76. The van der Waals surface area contributed by atoms with Gasteiger partial charge < -0.3 is 20.4 Å². The molecule has 0 aliphatic carbocycles. The van der Waals surface area contributed by atoms with Crippen LogP contribution in [0.3, 0.4) is 0 Å². The number of benzene rings is 2. The minimum absolute atomic E-state index is 0.132. The number of anilines is 6. The molecule has 0 amide bonds. The lowest BCUT2D eigenvalue weighted by molar-refractivity contribution is 0.568. The average Bonchev–Trinajstić information content (AvgIpc) is 3.78. The molecule has 6 aromatic rings. The van der Waals surface area contributed by atoms with Crippen molar-refractivity contribution in [2.45, 2.75) is 51.9 Å². The number of pyridine rings is 1. The van der Waals surface area contributed by atoms with Crippen molar-refractivity contribution in [1.29, 1.82) is 0 Å². The average molecular weight is 768 g/mol. The molecule has 0 bridgehead atoms. The van der Waals surface area contributed by atoms with Crippen LogP contribution < -0.4 is 20.4 Å². The highest BCUT2D eigenvalue weighted by Gasteiger charge is 2.41. The van der Waals surface area contributed by atoms with Crippen molar-refractivity contribution in [2.24, 2.45) is 0 Å². The van der Waals surface area contributed by atoms with Crippen LogP contribution in [0.1, 0.15) is 55.9 Å². The first-order valence-corrected chi connectivity index (χ1v) is 18.1. The standard InChI is InChI=1S/C25H25F2N7.C15H16ClFN4/c1-15-12-33(14-30-15)23-19(27)9-16(11-29-23)10-20-31-22(28-4)21-24(32-20)34(13-25(21,2)3)18-7-5-17(26)6-8-18;1-15(2)8-21(10-6-4-9(17)5-7-10)13-11(15)12(18-3)19-14(16)20-13/h5-9,11-12,14H,10,13H2,1-4H3,(H,28,31,32);4-7H,8H2,1-3H3,(H,18,19,20). The van der Waals surface area contributed by atoms with Crippen LogP contribution in [0, 0.1) is 24.4 Å². The van der Waals surface area contributed by atoms with Gasteiger partial charge in [-0.1, -0.05) is 27.7 Å². The van der Waals surface area contributed by atoms with Gasteiger partial charge in [-0.05, 0) is 78.7 Å². The van der Waals surface area contributed by atoms with Crippen molar-refractivity contribution < 1.29 is 13.2 Å². The largest absolute Gasteiger partial charge is 0.373 e. The summed E-state index contributed by atoms with van der Waals surface area (Å²) in [6.07, 6.45) is 5.20. The minimum atomic E-state index is -0.445. The molecule has 284 valence electrons. The predicted molar refractivity (Wildman–Crippen MR) is 210 cm³/mol. The lowest BCUT2D eigenvalue weighted by Gasteiger charge is -2.21. The molecule has 2 aliphatic rings. The van der Waals surface area contributed by atoms with Gasteiger partial charge in [0.25, 0.3) is 0 Å². The summed E-state index contributed by atoms with van der Waals surface area (Å²) in [6, 6.07) is 14.2. The fourth-order valence-electron chi connectivity index (χ4n) is 7.24. The number of halogens is 4. The number of nitrogens with zero attached hydrogens (tertiary/aromatic N) is 9. The summed E-state index contributed by atoms with van der Waals surface area (Å²) in [5.74, 6) is 2.76. The van der Waals surface area contributed by atoms with Gasteiger partial charge in [0.1, 0.15) is 47.1 Å². The van der Waals surface area contributed by atoms with Crippen LogP contribution in [0.2, 0.25) is 5.28 Å². The second-order valence-corrected chi connectivity index (χ2v) is 15.2. The smallest absolute Gasteiger partial charge is 0.226 e. The Morgan fingerprint density at radius 1 is 0.709 bits per heavy atom. The molecule has 4 aromatic heterocycles. The molecular formula is C40H41ClF3N11. The number of hydrogen-bond acceptors (Lipinski definition) is 10. The van der Waals surface area contributed by atoms with Gasteiger partial charge in [0, 0.05) is 79.3 Å². The summed E-state index contributed by atoms with van der Waals surface area (Å²) in [7, 11) is 3.64. The number of fused-ring (bicyclic) bond motifs is 2. The van der Waals surface area contributed by atoms with E-state index in [1.807, 2.05) is 25.9 Å². The van der Waals surface area contributed by atoms with Crippen LogP contribution in [-0.4, -0.2) is 61.7 Å². The zero-order valence-corrected chi connectivity index (χ0v) is 32.3. The van der Waals surface area contributed by atoms with E-state index in [4.69, 9.17) is 21.6 Å². The van der Waals surface area contributed by atoms with Crippen molar-refractivity contribution in [3.05, 3.63) is 124 Å². The van der Waals surface area contributed by atoms with Crippen LogP contribution in [0.5, 0.6) is 0 Å². The van der Waals surface area contributed by atoms with Crippen molar-refractivity contribution >= 4 is 46.2 Å². The van der Waals surface area contributed by atoms with E-state index in [-0.39, 0.29) is 33.6 Å². The Labute approximate surface area is 322 Å². The molecule has 0 radical (unpaired) electrons. The first-order chi connectivity index (χ1) is 26.2. The molecule has 2 aromatic carbocycles. The van der Waals surface area contributed by atoms with Crippen LogP contribution in [0.4, 0.5) is 47.8 Å². The van der Waals surface area contributed by atoms with E-state index in [0.717, 1.165) is 58.0 Å². The highest BCUT2D eigenvalue weighted by Crippen LogP contribution is 2.47. The molecular weight excluding hydrogens is 727 g/mol. The maximum absolute atomic E-state index is 14.8. The second kappa shape index (κ2) is 14.5. The van der Waals surface area contributed by atoms with Crippen LogP contribution in [0.25, 0.3) is 5.82 Å². The lowest BCUT2D eigenvalue weighted by Crippen LogP contribution is -2.25. The Bertz CT molecular complexity index is 2360. The fourth-order valence-corrected chi connectivity index (χ4v) is 7.40. The van der Waals surface area contributed by atoms with Gasteiger partial charge in [-0.15, -0.1) is 0 Å². The third kappa shape index (κ3) is 7.38. The maximum atomic E-state index is 14.8. The lowest BCUT2D eigenvalue weighted by atomic mass is 9.88. The molecule has 0 fully saturated rings. The van der Waals surface area contributed by atoms with E-state index in [9.17, 15) is 13.2 Å². The van der Waals surface area contributed by atoms with Crippen LogP contribution >= 0.6 is 11.6 Å². The monoisotopic (exact) mass is 767 g/mol. The molecule has 2 N–H and O–H groups in total. The molecule has 0 spiro atoms. The predicted octanol–water partition coefficient (Wildman–Crippen LogP) is 8.45. The highest BCUT2D eigenvalue weighted by molar-refractivity contribution is 6.28. The molecule has 0 atom stereocenters. The van der Waals surface area contributed by atoms with Gasteiger partial charge >= 0.3 is 0 Å². The maximum Gasteiger partial charge on any atom is 0.226 e. The number of rotatable bonds is 7. The first-order valence-electron chi connectivity index (χ1n) is 17.7. The molecule has 11 nitrogen and oxygen atoms in total. The van der Waals surface area contributed by atoms with Gasteiger partial charge in [-0.2, -0.15) is 4.98 Å². The molecule has 15 heteroatoms. The zero-order chi connectivity index (χ0) is 39.2. The number of imidazole rings is 1. The Kier molecular flexibility index (Phi) is 9.88. The van der Waals surface area contributed by atoms with Gasteiger partial charge in [0.2, 0.25) is 5.28 Å². The first kappa shape index (κ1) is 37.6. The molecule has 8 rings (SSSR count). The van der Waals surface area contributed by atoms with Gasteiger partial charge in [-0.3, -0.25) is 4.57 Å². The van der Waals surface area contributed by atoms with Gasteiger partial charge in [0.05, 0.1) is 5.69 Å². The van der Waals surface area contributed by atoms with E-state index < -0.39 is 5.82 Å². The summed E-state index contributed by atoms with van der Waals surface area (Å²) in [5.41, 5.74) is 4.85. The summed E-state index contributed by atoms with van der Waals surface area (Å²) in [4.78, 5) is 30.8. The van der Waals surface area contributed by atoms with Crippen LogP contribution in [0.15, 0.2) is 73.3 Å². The minimum Gasteiger partial charge on any atom is -0.373 e. The van der Waals surface area contributed by atoms with E-state index in [1.54, 1.807) is 41.2 Å². The third-order valence-corrected chi connectivity index (χ3v) is 9.89. The van der Waals surface area contributed by atoms with E-state index in [1.165, 1.54) is 36.7 Å². The summed E-state index contributed by atoms with van der Waals surface area (Å²) >= 11 is 6.03.